The van der Waals surface area contributed by atoms with Crippen LogP contribution in [-0.2, 0) is 6.42 Å². The van der Waals surface area contributed by atoms with E-state index in [4.69, 9.17) is 4.74 Å². The first kappa shape index (κ1) is 13.4. The van der Waals surface area contributed by atoms with E-state index in [9.17, 15) is 0 Å². The third kappa shape index (κ3) is 3.10. The molecule has 0 bridgehead atoms. The predicted octanol–water partition coefficient (Wildman–Crippen LogP) is 3.10. The van der Waals surface area contributed by atoms with E-state index in [1.54, 1.807) is 7.11 Å². The molecule has 20 heavy (non-hydrogen) atoms. The summed E-state index contributed by atoms with van der Waals surface area (Å²) < 4.78 is 9.62. The van der Waals surface area contributed by atoms with Crippen LogP contribution in [0.3, 0.4) is 0 Å². The van der Waals surface area contributed by atoms with Gasteiger partial charge in [-0.2, -0.15) is 4.37 Å². The monoisotopic (exact) mass is 289 g/mol. The maximum atomic E-state index is 5.17. The maximum Gasteiger partial charge on any atom is 0.204 e. The summed E-state index contributed by atoms with van der Waals surface area (Å²) >= 11 is 1.51. The second-order valence-corrected chi connectivity index (χ2v) is 5.96. The van der Waals surface area contributed by atoms with Gasteiger partial charge in [0, 0.05) is 31.0 Å². The first-order valence-corrected chi connectivity index (χ1v) is 7.71. The van der Waals surface area contributed by atoms with Crippen LogP contribution in [0, 0.1) is 0 Å². The smallest absolute Gasteiger partial charge is 0.204 e. The molecule has 1 aromatic carbocycles. The number of ether oxygens (including phenoxy) is 1. The average Bonchev–Trinajstić information content (AvgIpc) is 3.22. The molecule has 4 nitrogen and oxygen atoms in total. The largest absolute Gasteiger partial charge is 0.497 e. The molecule has 0 aliphatic heterocycles. The number of anilines is 1. The van der Waals surface area contributed by atoms with Crippen molar-refractivity contribution in [2.24, 2.45) is 0 Å². The Balaban J connectivity index is 1.55. The van der Waals surface area contributed by atoms with Crippen molar-refractivity contribution in [2.45, 2.75) is 25.2 Å². The summed E-state index contributed by atoms with van der Waals surface area (Å²) in [5, 5.41) is 1.03. The van der Waals surface area contributed by atoms with Crippen LogP contribution in [0.5, 0.6) is 5.75 Å². The van der Waals surface area contributed by atoms with E-state index >= 15 is 0 Å². The Morgan fingerprint density at radius 2 is 2.05 bits per heavy atom. The van der Waals surface area contributed by atoms with Crippen LogP contribution >= 0.6 is 11.5 Å². The molecule has 0 atom stereocenters. The molecule has 106 valence electrons. The molecule has 1 aromatic heterocycles. The standard InChI is InChI=1S/C15H19N3OS/c1-18(15-16-14(17-20-15)12-5-6-12)10-9-11-3-7-13(19-2)8-4-11/h3-4,7-8,12H,5-6,9-10H2,1-2H3. The van der Waals surface area contributed by atoms with E-state index in [2.05, 4.69) is 33.4 Å². The quantitative estimate of drug-likeness (QED) is 0.819. The molecule has 1 aliphatic rings. The minimum atomic E-state index is 0.634. The lowest BCUT2D eigenvalue weighted by molar-refractivity contribution is 0.414. The summed E-state index contributed by atoms with van der Waals surface area (Å²) in [5.41, 5.74) is 1.31. The number of hydrogen-bond acceptors (Lipinski definition) is 5. The second-order valence-electron chi connectivity index (χ2n) is 5.23. The van der Waals surface area contributed by atoms with Crippen LogP contribution in [0.25, 0.3) is 0 Å². The minimum absolute atomic E-state index is 0.634. The topological polar surface area (TPSA) is 38.2 Å². The molecule has 0 radical (unpaired) electrons. The highest BCUT2D eigenvalue weighted by Gasteiger charge is 2.28. The van der Waals surface area contributed by atoms with E-state index in [-0.39, 0.29) is 0 Å². The van der Waals surface area contributed by atoms with Crippen molar-refractivity contribution >= 4 is 16.7 Å². The zero-order chi connectivity index (χ0) is 13.9. The van der Waals surface area contributed by atoms with Crippen molar-refractivity contribution < 1.29 is 4.74 Å². The molecule has 0 unspecified atom stereocenters. The lowest BCUT2D eigenvalue weighted by atomic mass is 10.1. The summed E-state index contributed by atoms with van der Waals surface area (Å²) in [5.74, 6) is 2.58. The van der Waals surface area contributed by atoms with Crippen molar-refractivity contribution in [3.05, 3.63) is 35.7 Å². The summed E-state index contributed by atoms with van der Waals surface area (Å²) in [7, 11) is 3.77. The zero-order valence-corrected chi connectivity index (χ0v) is 12.7. The molecular formula is C15H19N3OS. The highest BCUT2D eigenvalue weighted by atomic mass is 32.1. The normalized spacial score (nSPS) is 14.3. The maximum absolute atomic E-state index is 5.17. The van der Waals surface area contributed by atoms with E-state index in [0.717, 1.165) is 29.7 Å². The Bertz CT molecular complexity index is 563. The lowest BCUT2D eigenvalue weighted by Gasteiger charge is -2.15. The van der Waals surface area contributed by atoms with E-state index in [1.165, 1.54) is 29.9 Å². The van der Waals surface area contributed by atoms with Gasteiger partial charge in [-0.1, -0.05) is 12.1 Å². The molecule has 1 aliphatic carbocycles. The van der Waals surface area contributed by atoms with Crippen LogP contribution in [0.15, 0.2) is 24.3 Å². The van der Waals surface area contributed by atoms with Crippen LogP contribution < -0.4 is 9.64 Å². The Hall–Kier alpha value is -1.62. The number of rotatable bonds is 6. The molecule has 0 saturated heterocycles. The van der Waals surface area contributed by atoms with Crippen molar-refractivity contribution in [3.63, 3.8) is 0 Å². The van der Waals surface area contributed by atoms with Gasteiger partial charge in [0.2, 0.25) is 5.13 Å². The number of aromatic nitrogens is 2. The molecule has 3 rings (SSSR count). The first-order chi connectivity index (χ1) is 9.76. The highest BCUT2D eigenvalue weighted by molar-refractivity contribution is 7.09. The summed E-state index contributed by atoms with van der Waals surface area (Å²) in [6.45, 7) is 0.950. The van der Waals surface area contributed by atoms with Gasteiger partial charge in [-0.15, -0.1) is 0 Å². The van der Waals surface area contributed by atoms with Crippen LogP contribution in [0.2, 0.25) is 0 Å². The van der Waals surface area contributed by atoms with Crippen molar-refractivity contribution in [3.8, 4) is 5.75 Å². The van der Waals surface area contributed by atoms with Gasteiger partial charge in [0.05, 0.1) is 7.11 Å². The average molecular weight is 289 g/mol. The van der Waals surface area contributed by atoms with Crippen molar-refractivity contribution in [1.82, 2.24) is 9.36 Å². The van der Waals surface area contributed by atoms with Gasteiger partial charge in [0.25, 0.3) is 0 Å². The van der Waals surface area contributed by atoms with E-state index < -0.39 is 0 Å². The first-order valence-electron chi connectivity index (χ1n) is 6.94. The predicted molar refractivity (Wildman–Crippen MR) is 81.9 cm³/mol. The van der Waals surface area contributed by atoms with Crippen LogP contribution in [0.4, 0.5) is 5.13 Å². The number of nitrogens with zero attached hydrogens (tertiary/aromatic N) is 3. The Morgan fingerprint density at radius 3 is 2.70 bits per heavy atom. The number of methoxy groups -OCH3 is 1. The third-order valence-corrected chi connectivity index (χ3v) is 4.44. The molecule has 1 fully saturated rings. The number of likely N-dealkylation sites (N-methyl/N-ethyl adjacent to an activating group) is 1. The van der Waals surface area contributed by atoms with Crippen LogP contribution in [-0.4, -0.2) is 30.1 Å². The molecule has 0 N–H and O–H groups in total. The van der Waals surface area contributed by atoms with Gasteiger partial charge in [-0.25, -0.2) is 4.98 Å². The van der Waals surface area contributed by atoms with E-state index in [0.29, 0.717) is 5.92 Å². The fourth-order valence-corrected chi connectivity index (χ4v) is 2.80. The molecule has 1 heterocycles. The molecule has 0 spiro atoms. The summed E-state index contributed by atoms with van der Waals surface area (Å²) in [4.78, 5) is 6.81. The zero-order valence-electron chi connectivity index (χ0n) is 11.9. The van der Waals surface area contributed by atoms with Gasteiger partial charge >= 0.3 is 0 Å². The van der Waals surface area contributed by atoms with Gasteiger partial charge in [-0.3, -0.25) is 0 Å². The molecule has 0 amide bonds. The van der Waals surface area contributed by atoms with Crippen molar-refractivity contribution in [2.75, 3.05) is 25.6 Å². The fraction of sp³-hybridized carbons (Fsp3) is 0.467. The minimum Gasteiger partial charge on any atom is -0.497 e. The Kier molecular flexibility index (Phi) is 3.87. The molecular weight excluding hydrogens is 270 g/mol. The third-order valence-electron chi connectivity index (χ3n) is 3.60. The fourth-order valence-electron chi connectivity index (χ4n) is 2.07. The lowest BCUT2D eigenvalue weighted by Crippen LogP contribution is -2.20. The second kappa shape index (κ2) is 5.79. The Labute approximate surface area is 123 Å². The highest BCUT2D eigenvalue weighted by Crippen LogP contribution is 2.39. The SMILES string of the molecule is COc1ccc(CCN(C)c2nc(C3CC3)ns2)cc1. The van der Waals surface area contributed by atoms with Gasteiger partial charge in [-0.05, 0) is 37.0 Å². The summed E-state index contributed by atoms with van der Waals surface area (Å²) in [6.07, 6.45) is 3.51. The van der Waals surface area contributed by atoms with Gasteiger partial charge in [0.1, 0.15) is 11.6 Å². The molecule has 5 heteroatoms. The number of benzene rings is 1. The van der Waals surface area contributed by atoms with Crippen molar-refractivity contribution in [1.29, 1.82) is 0 Å². The molecule has 1 saturated carbocycles. The van der Waals surface area contributed by atoms with Crippen LogP contribution in [0.1, 0.15) is 30.1 Å². The number of hydrogen-bond donors (Lipinski definition) is 0. The van der Waals surface area contributed by atoms with E-state index in [1.807, 2.05) is 12.1 Å². The summed E-state index contributed by atoms with van der Waals surface area (Å²) in [6, 6.07) is 8.24. The van der Waals surface area contributed by atoms with Gasteiger partial charge in [0.15, 0.2) is 0 Å². The Morgan fingerprint density at radius 1 is 1.30 bits per heavy atom. The molecule has 2 aromatic rings. The van der Waals surface area contributed by atoms with Gasteiger partial charge < -0.3 is 9.64 Å².